The normalized spacial score (nSPS) is 25.4. The molecule has 3 heterocycles. The molecule has 0 spiro atoms. The Labute approximate surface area is 152 Å². The van der Waals surface area contributed by atoms with Crippen LogP contribution in [0.25, 0.3) is 11.3 Å². The molecular weight excluding hydrogens is 333 g/mol. The Morgan fingerprint density at radius 1 is 1.12 bits per heavy atom. The summed E-state index contributed by atoms with van der Waals surface area (Å²) in [5, 5.41) is 7.11. The second kappa shape index (κ2) is 7.21. The summed E-state index contributed by atoms with van der Waals surface area (Å²) >= 11 is 0. The fraction of sp³-hybridized carbons (Fsp3) is 0.450. The van der Waals surface area contributed by atoms with Gasteiger partial charge in [0.25, 0.3) is 0 Å². The van der Waals surface area contributed by atoms with Crippen molar-refractivity contribution in [2.24, 2.45) is 0 Å². The molecule has 0 amide bonds. The minimum absolute atomic E-state index is 0.142. The number of benzene rings is 1. The van der Waals surface area contributed by atoms with Gasteiger partial charge in [0.1, 0.15) is 5.82 Å². The summed E-state index contributed by atoms with van der Waals surface area (Å²) in [7, 11) is 0. The van der Waals surface area contributed by atoms with E-state index in [1.54, 1.807) is 12.1 Å². The fourth-order valence-electron chi connectivity index (χ4n) is 3.37. The quantitative estimate of drug-likeness (QED) is 0.855. The Hall–Kier alpha value is -2.18. The van der Waals surface area contributed by atoms with Gasteiger partial charge in [0.15, 0.2) is 5.82 Å². The molecule has 0 aliphatic carbocycles. The number of hydrogen-bond acceptors (Lipinski definition) is 5. The van der Waals surface area contributed by atoms with Gasteiger partial charge in [-0.05, 0) is 56.2 Å². The maximum absolute atomic E-state index is 13.2. The van der Waals surface area contributed by atoms with Crippen molar-refractivity contribution in [3.63, 3.8) is 0 Å². The minimum Gasteiger partial charge on any atom is -0.379 e. The molecule has 138 valence electrons. The molecule has 1 aromatic heterocycles. The van der Waals surface area contributed by atoms with Crippen molar-refractivity contribution in [2.75, 3.05) is 37.1 Å². The number of aromatic nitrogens is 1. The van der Waals surface area contributed by atoms with E-state index in [0.29, 0.717) is 19.3 Å². The smallest absolute Gasteiger partial charge is 0.150 e. The van der Waals surface area contributed by atoms with Gasteiger partial charge in [-0.2, -0.15) is 0 Å². The molecule has 2 atom stereocenters. The van der Waals surface area contributed by atoms with Gasteiger partial charge in [0, 0.05) is 18.8 Å². The van der Waals surface area contributed by atoms with Crippen molar-refractivity contribution in [3.8, 4) is 11.3 Å². The van der Waals surface area contributed by atoms with Crippen LogP contribution in [0.4, 0.5) is 15.9 Å². The molecule has 2 aliphatic rings. The second-order valence-corrected chi connectivity index (χ2v) is 7.29. The summed E-state index contributed by atoms with van der Waals surface area (Å²) in [5.74, 6) is 0.550. The van der Waals surface area contributed by atoms with Gasteiger partial charge in [0.05, 0.1) is 36.2 Å². The summed E-state index contributed by atoms with van der Waals surface area (Å²) in [4.78, 5) is 4.83. The van der Waals surface area contributed by atoms with E-state index in [1.165, 1.54) is 12.1 Å². The zero-order chi connectivity index (χ0) is 18.0. The lowest BCUT2D eigenvalue weighted by atomic mass is 10.0. The zero-order valence-electron chi connectivity index (χ0n) is 14.9. The molecule has 26 heavy (non-hydrogen) atoms. The number of rotatable bonds is 5. The first-order valence-electron chi connectivity index (χ1n) is 9.09. The van der Waals surface area contributed by atoms with Crippen LogP contribution in [0.3, 0.4) is 0 Å². The van der Waals surface area contributed by atoms with E-state index >= 15 is 0 Å². The van der Waals surface area contributed by atoms with Crippen LogP contribution >= 0.6 is 0 Å². The van der Waals surface area contributed by atoms with E-state index in [2.05, 4.69) is 17.6 Å². The zero-order valence-corrected chi connectivity index (χ0v) is 14.9. The van der Waals surface area contributed by atoms with Crippen LogP contribution in [-0.2, 0) is 9.47 Å². The minimum atomic E-state index is -0.248. The lowest BCUT2D eigenvalue weighted by Crippen LogP contribution is -2.36. The van der Waals surface area contributed by atoms with Crippen LogP contribution in [0, 0.1) is 5.82 Å². The van der Waals surface area contributed by atoms with Gasteiger partial charge in [-0.1, -0.05) is 0 Å². The first-order valence-corrected chi connectivity index (χ1v) is 9.09. The summed E-state index contributed by atoms with van der Waals surface area (Å²) in [6.45, 7) is 5.04. The fourth-order valence-corrected chi connectivity index (χ4v) is 3.37. The molecule has 1 aromatic carbocycles. The van der Waals surface area contributed by atoms with Crippen LogP contribution in [0.1, 0.15) is 19.8 Å². The first kappa shape index (κ1) is 17.2. The third-order valence-electron chi connectivity index (χ3n) is 4.96. The van der Waals surface area contributed by atoms with Gasteiger partial charge in [0.2, 0.25) is 0 Å². The lowest BCUT2D eigenvalue weighted by molar-refractivity contribution is 0.185. The topological polar surface area (TPSA) is 55.4 Å². The van der Waals surface area contributed by atoms with E-state index in [9.17, 15) is 4.39 Å². The molecular formula is C20H24FN3O2. The van der Waals surface area contributed by atoms with Crippen molar-refractivity contribution in [2.45, 2.75) is 31.3 Å². The highest BCUT2D eigenvalue weighted by Gasteiger charge is 2.31. The monoisotopic (exact) mass is 357 g/mol. The van der Waals surface area contributed by atoms with Gasteiger partial charge in [-0.25, -0.2) is 9.37 Å². The van der Waals surface area contributed by atoms with E-state index in [4.69, 9.17) is 14.5 Å². The Morgan fingerprint density at radius 2 is 1.96 bits per heavy atom. The van der Waals surface area contributed by atoms with Gasteiger partial charge in [-0.3, -0.25) is 0 Å². The third-order valence-corrected chi connectivity index (χ3v) is 4.96. The highest BCUT2D eigenvalue weighted by molar-refractivity contribution is 5.71. The second-order valence-electron chi connectivity index (χ2n) is 7.29. The number of halogens is 1. The average molecular weight is 357 g/mol. The summed E-state index contributed by atoms with van der Waals surface area (Å²) in [6.07, 6.45) is 1.92. The first-order chi connectivity index (χ1) is 12.6. The van der Waals surface area contributed by atoms with Gasteiger partial charge in [-0.15, -0.1) is 0 Å². The number of anilines is 2. The van der Waals surface area contributed by atoms with E-state index in [1.807, 2.05) is 12.1 Å². The maximum atomic E-state index is 13.2. The van der Waals surface area contributed by atoms with Crippen molar-refractivity contribution < 1.29 is 13.9 Å². The number of nitrogens with zero attached hydrogens (tertiary/aromatic N) is 1. The molecule has 2 aromatic rings. The predicted octanol–water partition coefficient (Wildman–Crippen LogP) is 3.68. The summed E-state index contributed by atoms with van der Waals surface area (Å²) < 4.78 is 24.3. The largest absolute Gasteiger partial charge is 0.379 e. The van der Waals surface area contributed by atoms with Crippen LogP contribution in [0.15, 0.2) is 36.4 Å². The molecule has 5 nitrogen and oxygen atoms in total. The lowest BCUT2D eigenvalue weighted by Gasteiger charge is -2.27. The van der Waals surface area contributed by atoms with E-state index in [-0.39, 0.29) is 11.4 Å². The molecule has 6 heteroatoms. The molecule has 2 saturated heterocycles. The third kappa shape index (κ3) is 3.81. The number of pyridine rings is 1. The predicted molar refractivity (Wildman–Crippen MR) is 99.9 cm³/mol. The summed E-state index contributed by atoms with van der Waals surface area (Å²) in [5.41, 5.74) is 2.51. The van der Waals surface area contributed by atoms with Crippen LogP contribution in [0.2, 0.25) is 0 Å². The highest BCUT2D eigenvalue weighted by Crippen LogP contribution is 2.31. The number of hydrogen-bond donors (Lipinski definition) is 2. The maximum Gasteiger partial charge on any atom is 0.150 e. The number of nitrogens with one attached hydrogen (secondary N) is 2. The van der Waals surface area contributed by atoms with E-state index < -0.39 is 0 Å². The molecule has 2 fully saturated rings. The molecule has 0 radical (unpaired) electrons. The van der Waals surface area contributed by atoms with Gasteiger partial charge >= 0.3 is 0 Å². The van der Waals surface area contributed by atoms with Crippen LogP contribution in [0.5, 0.6) is 0 Å². The Kier molecular flexibility index (Phi) is 4.78. The standard InChI is InChI=1S/C20H24FN3O2/c1-20(9-11-26-13-20)24-19-18(22-16-8-10-25-12-16)7-6-17(23-19)14-2-4-15(21)5-3-14/h2-7,16,22H,8-13H2,1H3,(H,23,24). The Bertz CT molecular complexity index is 754. The van der Waals surface area contributed by atoms with Crippen molar-refractivity contribution in [1.82, 2.24) is 4.98 Å². The van der Waals surface area contributed by atoms with E-state index in [0.717, 1.165) is 48.8 Å². The van der Waals surface area contributed by atoms with Gasteiger partial charge < -0.3 is 20.1 Å². The molecule has 0 saturated carbocycles. The Balaban J connectivity index is 1.65. The highest BCUT2D eigenvalue weighted by atomic mass is 19.1. The van der Waals surface area contributed by atoms with Crippen LogP contribution < -0.4 is 10.6 Å². The molecule has 2 aliphatic heterocycles. The Morgan fingerprint density at radius 3 is 2.65 bits per heavy atom. The van der Waals surface area contributed by atoms with Crippen molar-refractivity contribution in [1.29, 1.82) is 0 Å². The SMILES string of the molecule is CC1(Nc2nc(-c3ccc(F)cc3)ccc2NC2CCOC2)CCOC1. The number of ether oxygens (including phenoxy) is 2. The molecule has 2 unspecified atom stereocenters. The molecule has 0 bridgehead atoms. The molecule has 4 rings (SSSR count). The van der Waals surface area contributed by atoms with Crippen LogP contribution in [-0.4, -0.2) is 43.0 Å². The molecule has 2 N–H and O–H groups in total. The average Bonchev–Trinajstić information content (AvgIpc) is 3.29. The summed E-state index contributed by atoms with van der Waals surface area (Å²) in [6, 6.07) is 10.7. The van der Waals surface area contributed by atoms with Crippen molar-refractivity contribution >= 4 is 11.5 Å². The van der Waals surface area contributed by atoms with Crippen molar-refractivity contribution in [3.05, 3.63) is 42.2 Å².